The number of carbonyl (C=O) groups is 1. The van der Waals surface area contributed by atoms with Crippen molar-refractivity contribution >= 4 is 27.5 Å². The van der Waals surface area contributed by atoms with Crippen molar-refractivity contribution in [1.82, 2.24) is 9.62 Å². The lowest BCUT2D eigenvalue weighted by molar-refractivity contribution is 0.0731. The number of carbonyl (C=O) groups excluding carboxylic acids is 1. The Balaban J connectivity index is 2.26. The highest BCUT2D eigenvalue weighted by molar-refractivity contribution is 7.89. The molecule has 6 nitrogen and oxygen atoms in total. The molecule has 2 aromatic rings. The number of rotatable bonds is 8. The minimum atomic E-state index is -3.89. The molecule has 1 amide bonds. The summed E-state index contributed by atoms with van der Waals surface area (Å²) in [5.74, 6) is -0.363. The molecule has 0 aliphatic rings. The van der Waals surface area contributed by atoms with Crippen LogP contribution in [0.5, 0.6) is 0 Å². The standard InChI is InChI=1S/C18H21ClN2O4S/c1-2-21(10-11-22)18(23)15-8-9-16(19)17(12-15)26(24,25)20-13-14-6-4-3-5-7-14/h3-9,12,20,22H,2,10-11,13H2,1H3. The van der Waals surface area contributed by atoms with Crippen molar-refractivity contribution in [2.75, 3.05) is 19.7 Å². The van der Waals surface area contributed by atoms with Gasteiger partial charge in [0.05, 0.1) is 11.6 Å². The van der Waals surface area contributed by atoms with Gasteiger partial charge in [-0.3, -0.25) is 4.79 Å². The van der Waals surface area contributed by atoms with Crippen LogP contribution in [0.15, 0.2) is 53.4 Å². The van der Waals surface area contributed by atoms with Crippen LogP contribution < -0.4 is 4.72 Å². The summed E-state index contributed by atoms with van der Waals surface area (Å²) in [6.45, 7) is 2.30. The Kier molecular flexibility index (Phi) is 7.16. The Labute approximate surface area is 158 Å². The summed E-state index contributed by atoms with van der Waals surface area (Å²) in [6.07, 6.45) is 0. The molecule has 0 atom stereocenters. The smallest absolute Gasteiger partial charge is 0.253 e. The van der Waals surface area contributed by atoms with Crippen molar-refractivity contribution in [2.24, 2.45) is 0 Å². The van der Waals surface area contributed by atoms with Gasteiger partial charge in [-0.1, -0.05) is 41.9 Å². The highest BCUT2D eigenvalue weighted by atomic mass is 35.5. The van der Waals surface area contributed by atoms with E-state index in [2.05, 4.69) is 4.72 Å². The van der Waals surface area contributed by atoms with E-state index in [0.717, 1.165) is 5.56 Å². The molecular formula is C18H21ClN2O4S. The van der Waals surface area contributed by atoms with Gasteiger partial charge in [0, 0.05) is 25.2 Å². The first-order valence-corrected chi connectivity index (χ1v) is 9.98. The van der Waals surface area contributed by atoms with Crippen LogP contribution in [0.1, 0.15) is 22.8 Å². The van der Waals surface area contributed by atoms with Crippen LogP contribution in [0, 0.1) is 0 Å². The van der Waals surface area contributed by atoms with Crippen molar-refractivity contribution in [3.05, 3.63) is 64.7 Å². The molecule has 140 valence electrons. The number of benzene rings is 2. The van der Waals surface area contributed by atoms with Gasteiger partial charge in [-0.25, -0.2) is 13.1 Å². The number of nitrogens with one attached hydrogen (secondary N) is 1. The molecule has 0 unspecified atom stereocenters. The fourth-order valence-corrected chi connectivity index (χ4v) is 3.94. The van der Waals surface area contributed by atoms with Gasteiger partial charge in [0.15, 0.2) is 0 Å². The highest BCUT2D eigenvalue weighted by Gasteiger charge is 2.21. The second kappa shape index (κ2) is 9.14. The molecule has 8 heteroatoms. The zero-order valence-electron chi connectivity index (χ0n) is 14.4. The minimum Gasteiger partial charge on any atom is -0.395 e. The summed E-state index contributed by atoms with van der Waals surface area (Å²) in [5, 5.41) is 9.08. The van der Waals surface area contributed by atoms with Crippen LogP contribution >= 0.6 is 11.6 Å². The molecular weight excluding hydrogens is 376 g/mol. The van der Waals surface area contributed by atoms with E-state index in [9.17, 15) is 13.2 Å². The number of aliphatic hydroxyl groups is 1. The second-order valence-electron chi connectivity index (χ2n) is 5.56. The number of halogens is 1. The third-order valence-electron chi connectivity index (χ3n) is 3.82. The molecule has 0 fully saturated rings. The molecule has 0 spiro atoms. The van der Waals surface area contributed by atoms with E-state index in [-0.39, 0.29) is 41.1 Å². The van der Waals surface area contributed by atoms with Crippen LogP contribution in [-0.4, -0.2) is 44.0 Å². The monoisotopic (exact) mass is 396 g/mol. The van der Waals surface area contributed by atoms with Crippen molar-refractivity contribution in [2.45, 2.75) is 18.4 Å². The molecule has 0 bridgehead atoms. The third kappa shape index (κ3) is 5.04. The Morgan fingerprint density at radius 2 is 1.88 bits per heavy atom. The lowest BCUT2D eigenvalue weighted by Crippen LogP contribution is -2.33. The lowest BCUT2D eigenvalue weighted by Gasteiger charge is -2.20. The number of sulfonamides is 1. The molecule has 0 radical (unpaired) electrons. The number of aliphatic hydroxyl groups excluding tert-OH is 1. The van der Waals surface area contributed by atoms with Crippen molar-refractivity contribution in [3.63, 3.8) is 0 Å². The van der Waals surface area contributed by atoms with Crippen LogP contribution in [0.25, 0.3) is 0 Å². The van der Waals surface area contributed by atoms with Crippen molar-refractivity contribution < 1.29 is 18.3 Å². The highest BCUT2D eigenvalue weighted by Crippen LogP contribution is 2.23. The van der Waals surface area contributed by atoms with Crippen LogP contribution in [-0.2, 0) is 16.6 Å². The average Bonchev–Trinajstić information content (AvgIpc) is 2.65. The summed E-state index contributed by atoms with van der Waals surface area (Å²) >= 11 is 6.06. The molecule has 0 aliphatic carbocycles. The van der Waals surface area contributed by atoms with Crippen LogP contribution in [0.4, 0.5) is 0 Å². The first kappa shape index (κ1) is 20.4. The van der Waals surface area contributed by atoms with E-state index >= 15 is 0 Å². The van der Waals surface area contributed by atoms with Gasteiger partial charge < -0.3 is 10.0 Å². The number of hydrogen-bond acceptors (Lipinski definition) is 4. The molecule has 2 rings (SSSR count). The molecule has 0 heterocycles. The van der Waals surface area contributed by atoms with Crippen LogP contribution in [0.2, 0.25) is 5.02 Å². The van der Waals surface area contributed by atoms with E-state index in [1.807, 2.05) is 18.2 Å². The molecule has 2 N–H and O–H groups in total. The van der Waals surface area contributed by atoms with Gasteiger partial charge in [-0.05, 0) is 30.7 Å². The van der Waals surface area contributed by atoms with Gasteiger partial charge in [0.2, 0.25) is 10.0 Å². The van der Waals surface area contributed by atoms with Gasteiger partial charge in [-0.2, -0.15) is 0 Å². The Morgan fingerprint density at radius 3 is 2.50 bits per heavy atom. The summed E-state index contributed by atoms with van der Waals surface area (Å²) in [6, 6.07) is 13.2. The molecule has 26 heavy (non-hydrogen) atoms. The van der Waals surface area contributed by atoms with Crippen molar-refractivity contribution in [1.29, 1.82) is 0 Å². The Hall–Kier alpha value is -1.93. The first-order chi connectivity index (χ1) is 12.4. The van der Waals surface area contributed by atoms with E-state index in [4.69, 9.17) is 16.7 Å². The lowest BCUT2D eigenvalue weighted by atomic mass is 10.2. The number of nitrogens with zero attached hydrogens (tertiary/aromatic N) is 1. The summed E-state index contributed by atoms with van der Waals surface area (Å²) < 4.78 is 27.7. The maximum Gasteiger partial charge on any atom is 0.253 e. The second-order valence-corrected chi connectivity index (χ2v) is 7.71. The fraction of sp³-hybridized carbons (Fsp3) is 0.278. The zero-order chi connectivity index (χ0) is 19.2. The summed E-state index contributed by atoms with van der Waals surface area (Å²) in [5.41, 5.74) is 1.00. The van der Waals surface area contributed by atoms with E-state index in [0.29, 0.717) is 6.54 Å². The molecule has 0 aliphatic heterocycles. The van der Waals surface area contributed by atoms with Gasteiger partial charge >= 0.3 is 0 Å². The Morgan fingerprint density at radius 1 is 1.19 bits per heavy atom. The summed E-state index contributed by atoms with van der Waals surface area (Å²) in [4.78, 5) is 13.8. The zero-order valence-corrected chi connectivity index (χ0v) is 15.9. The van der Waals surface area contributed by atoms with Gasteiger partial charge in [0.25, 0.3) is 5.91 Å². The predicted octanol–water partition coefficient (Wildman–Crippen LogP) is 2.27. The Bertz CT molecular complexity index is 857. The predicted molar refractivity (Wildman–Crippen MR) is 101 cm³/mol. The number of hydrogen-bond donors (Lipinski definition) is 2. The maximum absolute atomic E-state index is 12.6. The van der Waals surface area contributed by atoms with E-state index in [1.54, 1.807) is 19.1 Å². The fourth-order valence-electron chi connectivity index (χ4n) is 2.40. The average molecular weight is 397 g/mol. The quantitative estimate of drug-likeness (QED) is 0.716. The molecule has 0 saturated heterocycles. The SMILES string of the molecule is CCN(CCO)C(=O)c1ccc(Cl)c(S(=O)(=O)NCc2ccccc2)c1. The summed E-state index contributed by atoms with van der Waals surface area (Å²) in [7, 11) is -3.89. The van der Waals surface area contributed by atoms with Gasteiger partial charge in [0.1, 0.15) is 4.90 Å². The van der Waals surface area contributed by atoms with Crippen LogP contribution in [0.3, 0.4) is 0 Å². The molecule has 2 aromatic carbocycles. The number of amides is 1. The van der Waals surface area contributed by atoms with E-state index in [1.165, 1.54) is 23.1 Å². The normalized spacial score (nSPS) is 11.3. The topological polar surface area (TPSA) is 86.7 Å². The molecule has 0 saturated carbocycles. The maximum atomic E-state index is 12.6. The minimum absolute atomic E-state index is 0.0346. The first-order valence-electron chi connectivity index (χ1n) is 8.12. The van der Waals surface area contributed by atoms with E-state index < -0.39 is 10.0 Å². The largest absolute Gasteiger partial charge is 0.395 e. The van der Waals surface area contributed by atoms with Crippen molar-refractivity contribution in [3.8, 4) is 0 Å². The number of likely N-dealkylation sites (N-methyl/N-ethyl adjacent to an activating group) is 1. The third-order valence-corrected chi connectivity index (χ3v) is 5.70. The molecule has 0 aromatic heterocycles. The van der Waals surface area contributed by atoms with Gasteiger partial charge in [-0.15, -0.1) is 0 Å².